The molecule has 1 N–H and O–H groups in total. The molecule has 5 heteroatoms. The topological polar surface area (TPSA) is 72.3 Å². The molecule has 0 atom stereocenters. The van der Waals surface area contributed by atoms with Gasteiger partial charge in [-0.05, 0) is 31.1 Å². The van der Waals surface area contributed by atoms with Crippen LogP contribution in [0.5, 0.6) is 5.75 Å². The first kappa shape index (κ1) is 7.10. The molecule has 18 heavy (non-hydrogen) atoms. The molecule has 0 radical (unpaired) electrons. The van der Waals surface area contributed by atoms with Crippen LogP contribution in [0.4, 0.5) is 0 Å². The van der Waals surface area contributed by atoms with E-state index in [1.165, 1.54) is 30.5 Å². The summed E-state index contributed by atoms with van der Waals surface area (Å²) in [6.45, 7) is -5.75. The van der Waals surface area contributed by atoms with Crippen LogP contribution in [0, 0.1) is 0 Å². The smallest absolute Gasteiger partial charge is 0.356 e. The summed E-state index contributed by atoms with van der Waals surface area (Å²) in [6, 6.07) is 5.74. The molecule has 0 unspecified atom stereocenters. The maximum Gasteiger partial charge on any atom is 0.356 e. The average molecular weight is 249 g/mol. The lowest BCUT2D eigenvalue weighted by atomic mass is 10.1. The first-order valence-corrected chi connectivity index (χ1v) is 4.95. The number of carboxylic acids is 1. The van der Waals surface area contributed by atoms with Crippen LogP contribution in [0.25, 0.3) is 11.3 Å². The number of hydrogen-bond acceptors (Lipinski definition) is 4. The summed E-state index contributed by atoms with van der Waals surface area (Å²) in [6.07, 6.45) is 2.50. The minimum atomic E-state index is -2.92. The number of carboxylic acid groups (broad SMARTS) is 1. The van der Waals surface area contributed by atoms with Crippen LogP contribution in [0.1, 0.15) is 24.2 Å². The fourth-order valence-electron chi connectivity index (χ4n) is 1.36. The van der Waals surface area contributed by atoms with E-state index in [0.29, 0.717) is 11.3 Å². The standard InChI is InChI=1S/C13H12N2O3/c1-2-18-10-5-3-9(4-6-10)11-7-14-8-12(15-11)13(16)17/h3-8H,2H2,1H3,(H,16,17)/i1D3,2D2. The zero-order valence-corrected chi connectivity index (χ0v) is 9.12. The maximum atomic E-state index is 10.9. The molecule has 0 aliphatic heterocycles. The van der Waals surface area contributed by atoms with E-state index in [2.05, 4.69) is 9.97 Å². The molecule has 0 saturated carbocycles. The quantitative estimate of drug-likeness (QED) is 0.899. The van der Waals surface area contributed by atoms with Gasteiger partial charge in [-0.25, -0.2) is 9.78 Å². The van der Waals surface area contributed by atoms with Gasteiger partial charge in [0, 0.05) is 9.68 Å². The third-order valence-corrected chi connectivity index (χ3v) is 2.17. The van der Waals surface area contributed by atoms with Crippen molar-refractivity contribution < 1.29 is 21.5 Å². The molecule has 92 valence electrons. The van der Waals surface area contributed by atoms with Crippen molar-refractivity contribution in [1.29, 1.82) is 0 Å². The second-order valence-corrected chi connectivity index (χ2v) is 3.32. The van der Waals surface area contributed by atoms with Crippen LogP contribution < -0.4 is 4.74 Å². The molecular weight excluding hydrogens is 232 g/mol. The molecule has 5 nitrogen and oxygen atoms in total. The van der Waals surface area contributed by atoms with Gasteiger partial charge >= 0.3 is 5.97 Å². The van der Waals surface area contributed by atoms with Crippen molar-refractivity contribution in [3.05, 3.63) is 42.4 Å². The SMILES string of the molecule is [2H]C([2H])([2H])C([2H])([2H])Oc1ccc(-c2cncc(C(=O)O)n2)cc1. The normalized spacial score (nSPS) is 15.7. The van der Waals surface area contributed by atoms with E-state index in [0.717, 1.165) is 6.20 Å². The molecule has 1 heterocycles. The number of rotatable bonds is 4. The lowest BCUT2D eigenvalue weighted by Crippen LogP contribution is -2.02. The summed E-state index contributed by atoms with van der Waals surface area (Å²) in [5.74, 6) is -1.18. The van der Waals surface area contributed by atoms with Crippen molar-refractivity contribution >= 4 is 5.97 Å². The zero-order valence-electron chi connectivity index (χ0n) is 14.1. The van der Waals surface area contributed by atoms with Crippen molar-refractivity contribution in [2.24, 2.45) is 0 Å². The molecule has 0 amide bonds. The minimum absolute atomic E-state index is 0.0252. The highest BCUT2D eigenvalue weighted by Crippen LogP contribution is 2.20. The van der Waals surface area contributed by atoms with E-state index in [1.807, 2.05) is 0 Å². The predicted molar refractivity (Wildman–Crippen MR) is 65.6 cm³/mol. The van der Waals surface area contributed by atoms with Gasteiger partial charge in [0.15, 0.2) is 5.69 Å². The maximum absolute atomic E-state index is 10.9. The molecule has 0 fully saturated rings. The Hall–Kier alpha value is -2.43. The molecule has 1 aromatic carbocycles. The van der Waals surface area contributed by atoms with Crippen LogP contribution in [-0.2, 0) is 0 Å². The van der Waals surface area contributed by atoms with Crippen LogP contribution in [0.3, 0.4) is 0 Å². The Morgan fingerprint density at radius 1 is 1.44 bits per heavy atom. The molecule has 2 rings (SSSR count). The van der Waals surface area contributed by atoms with Crippen LogP contribution in [0.2, 0.25) is 0 Å². The van der Waals surface area contributed by atoms with E-state index in [9.17, 15) is 4.79 Å². The van der Waals surface area contributed by atoms with Crippen LogP contribution in [-0.4, -0.2) is 27.6 Å². The average Bonchev–Trinajstić information content (AvgIpc) is 2.46. The number of aromatic nitrogens is 2. The molecular formula is C13H12N2O3. The molecule has 0 bridgehead atoms. The van der Waals surface area contributed by atoms with Gasteiger partial charge in [-0.3, -0.25) is 4.98 Å². The second-order valence-electron chi connectivity index (χ2n) is 3.32. The van der Waals surface area contributed by atoms with Gasteiger partial charge in [-0.2, -0.15) is 0 Å². The van der Waals surface area contributed by atoms with Gasteiger partial charge in [0.1, 0.15) is 5.75 Å². The van der Waals surface area contributed by atoms with Gasteiger partial charge in [0.05, 0.1) is 27.4 Å². The predicted octanol–water partition coefficient (Wildman–Crippen LogP) is 2.24. The lowest BCUT2D eigenvalue weighted by molar-refractivity contribution is 0.0690. The molecule has 0 spiro atoms. The highest BCUT2D eigenvalue weighted by Gasteiger charge is 2.07. The van der Waals surface area contributed by atoms with E-state index < -0.39 is 19.4 Å². The second kappa shape index (κ2) is 5.27. The largest absolute Gasteiger partial charge is 0.494 e. The van der Waals surface area contributed by atoms with Crippen molar-refractivity contribution in [2.75, 3.05) is 6.56 Å². The third kappa shape index (κ3) is 2.63. The first-order chi connectivity index (χ1) is 10.6. The summed E-state index contributed by atoms with van der Waals surface area (Å²) in [4.78, 5) is 18.6. The van der Waals surface area contributed by atoms with E-state index in [1.54, 1.807) is 0 Å². The number of carbonyl (C=O) groups is 1. The molecule has 0 saturated heterocycles. The number of hydrogen-bond donors (Lipinski definition) is 1. The number of ether oxygens (including phenoxy) is 1. The zero-order chi connectivity index (χ0) is 17.3. The van der Waals surface area contributed by atoms with Crippen LogP contribution >= 0.6 is 0 Å². The summed E-state index contributed by atoms with van der Waals surface area (Å²) in [5, 5.41) is 8.89. The lowest BCUT2D eigenvalue weighted by Gasteiger charge is -2.04. The Labute approximate surface area is 111 Å². The summed E-state index contributed by atoms with van der Waals surface area (Å²) < 4.78 is 40.9. The molecule has 0 aliphatic carbocycles. The molecule has 1 aromatic heterocycles. The fourth-order valence-corrected chi connectivity index (χ4v) is 1.36. The minimum Gasteiger partial charge on any atom is -0.494 e. The fraction of sp³-hybridized carbons (Fsp3) is 0.154. The van der Waals surface area contributed by atoms with Gasteiger partial charge in [-0.15, -0.1) is 0 Å². The van der Waals surface area contributed by atoms with Crippen molar-refractivity contribution in [3.8, 4) is 17.0 Å². The monoisotopic (exact) mass is 249 g/mol. The Balaban J connectivity index is 2.23. The Bertz CT molecular complexity index is 716. The Morgan fingerprint density at radius 3 is 2.89 bits per heavy atom. The number of benzene rings is 1. The van der Waals surface area contributed by atoms with Gasteiger partial charge in [0.2, 0.25) is 0 Å². The van der Waals surface area contributed by atoms with Crippen molar-refractivity contribution in [2.45, 2.75) is 6.85 Å². The van der Waals surface area contributed by atoms with Crippen LogP contribution in [0.15, 0.2) is 36.7 Å². The van der Waals surface area contributed by atoms with Gasteiger partial charge in [-0.1, -0.05) is 0 Å². The van der Waals surface area contributed by atoms with Gasteiger partial charge < -0.3 is 9.84 Å². The molecule has 2 aromatic rings. The highest BCUT2D eigenvalue weighted by atomic mass is 16.5. The summed E-state index contributed by atoms with van der Waals surface area (Å²) in [5.41, 5.74) is 0.638. The highest BCUT2D eigenvalue weighted by molar-refractivity contribution is 5.85. The Morgan fingerprint density at radius 2 is 2.22 bits per heavy atom. The van der Waals surface area contributed by atoms with Gasteiger partial charge in [0.25, 0.3) is 0 Å². The Kier molecular flexibility index (Phi) is 2.08. The van der Waals surface area contributed by atoms with E-state index in [4.69, 9.17) is 16.7 Å². The summed E-state index contributed by atoms with van der Waals surface area (Å²) in [7, 11) is 0. The van der Waals surface area contributed by atoms with Crippen molar-refractivity contribution in [1.82, 2.24) is 9.97 Å². The molecule has 0 aliphatic rings. The first-order valence-electron chi connectivity index (χ1n) is 7.45. The van der Waals surface area contributed by atoms with E-state index in [-0.39, 0.29) is 11.4 Å². The number of aromatic carboxylic acids is 1. The summed E-state index contributed by atoms with van der Waals surface area (Å²) >= 11 is 0. The third-order valence-electron chi connectivity index (χ3n) is 2.17. The van der Waals surface area contributed by atoms with E-state index >= 15 is 0 Å². The number of nitrogens with zero attached hydrogens (tertiary/aromatic N) is 2. The van der Waals surface area contributed by atoms with Crippen molar-refractivity contribution in [3.63, 3.8) is 0 Å².